The second-order valence-corrected chi connectivity index (χ2v) is 6.61. The molecule has 0 bridgehead atoms. The molecule has 0 saturated carbocycles. The summed E-state index contributed by atoms with van der Waals surface area (Å²) in [4.78, 5) is 9.73. The van der Waals surface area contributed by atoms with E-state index >= 15 is 0 Å². The first-order chi connectivity index (χ1) is 12.8. The van der Waals surface area contributed by atoms with Gasteiger partial charge in [-0.3, -0.25) is 14.6 Å². The number of guanidine groups is 1. The molecule has 0 unspecified atom stereocenters. The minimum absolute atomic E-state index is 0.826. The van der Waals surface area contributed by atoms with Crippen molar-refractivity contribution in [2.45, 2.75) is 26.4 Å². The van der Waals surface area contributed by atoms with E-state index in [0.717, 1.165) is 64.7 Å². The first-order valence-corrected chi connectivity index (χ1v) is 9.62. The fourth-order valence-electron chi connectivity index (χ4n) is 3.24. The van der Waals surface area contributed by atoms with Gasteiger partial charge in [0.1, 0.15) is 0 Å². The van der Waals surface area contributed by atoms with Gasteiger partial charge in [0.15, 0.2) is 5.96 Å². The van der Waals surface area contributed by atoms with Crippen LogP contribution in [0.1, 0.15) is 18.9 Å². The lowest BCUT2D eigenvalue weighted by Gasteiger charge is -2.36. The second kappa shape index (κ2) is 9.97. The van der Waals surface area contributed by atoms with Crippen molar-refractivity contribution in [2.75, 3.05) is 39.3 Å². The number of nitrogens with one attached hydrogen (secondary N) is 1. The molecule has 2 aromatic rings. The number of hydrogen-bond donors (Lipinski definition) is 1. The molecule has 1 fully saturated rings. The van der Waals surface area contributed by atoms with Crippen LogP contribution in [0.5, 0.6) is 0 Å². The van der Waals surface area contributed by atoms with Crippen LogP contribution in [0.25, 0.3) is 0 Å². The predicted octanol–water partition coefficient (Wildman–Crippen LogP) is 2.06. The van der Waals surface area contributed by atoms with Crippen molar-refractivity contribution in [3.8, 4) is 0 Å². The summed E-state index contributed by atoms with van der Waals surface area (Å²) < 4.78 is 1.96. The molecule has 0 atom stereocenters. The molecule has 140 valence electrons. The number of rotatable bonds is 7. The van der Waals surface area contributed by atoms with E-state index in [4.69, 9.17) is 4.99 Å². The summed E-state index contributed by atoms with van der Waals surface area (Å²) >= 11 is 0. The summed E-state index contributed by atoms with van der Waals surface area (Å²) in [5.41, 5.74) is 1.39. The van der Waals surface area contributed by atoms with Crippen LogP contribution in [-0.4, -0.2) is 64.8 Å². The molecule has 3 rings (SSSR count). The van der Waals surface area contributed by atoms with Crippen LogP contribution in [-0.2, 0) is 13.1 Å². The van der Waals surface area contributed by atoms with Crippen LogP contribution in [0.4, 0.5) is 0 Å². The zero-order valence-corrected chi connectivity index (χ0v) is 15.7. The van der Waals surface area contributed by atoms with Gasteiger partial charge in [-0.25, -0.2) is 0 Å². The number of nitrogens with zero attached hydrogens (tertiary/aromatic N) is 5. The highest BCUT2D eigenvalue weighted by molar-refractivity contribution is 5.80. The van der Waals surface area contributed by atoms with Crippen LogP contribution in [0.3, 0.4) is 0 Å². The summed E-state index contributed by atoms with van der Waals surface area (Å²) in [5, 5.41) is 7.68. The highest BCUT2D eigenvalue weighted by atomic mass is 15.3. The Bertz CT molecular complexity index is 644. The Morgan fingerprint density at radius 2 is 1.92 bits per heavy atom. The summed E-state index contributed by atoms with van der Waals surface area (Å²) in [6.45, 7) is 10.0. The van der Waals surface area contributed by atoms with E-state index < -0.39 is 0 Å². The zero-order valence-electron chi connectivity index (χ0n) is 15.7. The van der Waals surface area contributed by atoms with Gasteiger partial charge in [0.2, 0.25) is 0 Å². The summed E-state index contributed by atoms with van der Waals surface area (Å²) in [7, 11) is 0. The Balaban J connectivity index is 1.45. The van der Waals surface area contributed by atoms with Crippen LogP contribution < -0.4 is 5.32 Å². The largest absolute Gasteiger partial charge is 0.357 e. The van der Waals surface area contributed by atoms with E-state index in [1.54, 1.807) is 0 Å². The topological polar surface area (TPSA) is 48.7 Å². The molecule has 0 spiro atoms. The zero-order chi connectivity index (χ0) is 18.0. The molecular formula is C20H30N6. The van der Waals surface area contributed by atoms with E-state index in [9.17, 15) is 0 Å². The Kier molecular flexibility index (Phi) is 7.07. The van der Waals surface area contributed by atoms with Gasteiger partial charge >= 0.3 is 0 Å². The van der Waals surface area contributed by atoms with Gasteiger partial charge in [0.25, 0.3) is 0 Å². The van der Waals surface area contributed by atoms with Gasteiger partial charge in [-0.15, -0.1) is 0 Å². The van der Waals surface area contributed by atoms with Crippen molar-refractivity contribution in [3.05, 3.63) is 54.4 Å². The maximum Gasteiger partial charge on any atom is 0.194 e. The van der Waals surface area contributed by atoms with Crippen LogP contribution >= 0.6 is 0 Å². The molecule has 6 nitrogen and oxygen atoms in total. The minimum Gasteiger partial charge on any atom is -0.357 e. The minimum atomic E-state index is 0.826. The van der Waals surface area contributed by atoms with Crippen molar-refractivity contribution in [1.82, 2.24) is 24.9 Å². The molecule has 1 aromatic heterocycles. The molecule has 0 amide bonds. The number of aromatic nitrogens is 2. The fourth-order valence-corrected chi connectivity index (χ4v) is 3.24. The Labute approximate surface area is 156 Å². The van der Waals surface area contributed by atoms with E-state index in [2.05, 4.69) is 57.5 Å². The SMILES string of the molecule is CCNC(=NCCCn1cccn1)N1CCN(Cc2ccccc2)CC1. The fraction of sp³-hybridized carbons (Fsp3) is 0.500. The van der Waals surface area contributed by atoms with Crippen molar-refractivity contribution in [2.24, 2.45) is 4.99 Å². The number of benzene rings is 1. The molecule has 1 aliphatic heterocycles. The average Bonchev–Trinajstić information content (AvgIpc) is 3.19. The molecule has 2 heterocycles. The molecule has 0 aliphatic carbocycles. The normalized spacial score (nSPS) is 16.0. The molecule has 6 heteroatoms. The standard InChI is InChI=1S/C20H30N6/c1-2-21-20(22-10-6-12-26-13-7-11-23-26)25-16-14-24(15-17-25)18-19-8-4-3-5-9-19/h3-5,7-9,11,13H,2,6,10,12,14-18H2,1H3,(H,21,22). The van der Waals surface area contributed by atoms with Crippen LogP contribution in [0, 0.1) is 0 Å². The van der Waals surface area contributed by atoms with Gasteiger partial charge in [-0.05, 0) is 25.0 Å². The third-order valence-electron chi connectivity index (χ3n) is 4.62. The quantitative estimate of drug-likeness (QED) is 0.470. The summed E-state index contributed by atoms with van der Waals surface area (Å²) in [6, 6.07) is 12.7. The van der Waals surface area contributed by atoms with E-state index in [1.165, 1.54) is 5.56 Å². The van der Waals surface area contributed by atoms with Crippen molar-refractivity contribution >= 4 is 5.96 Å². The van der Waals surface area contributed by atoms with Crippen molar-refractivity contribution in [1.29, 1.82) is 0 Å². The van der Waals surface area contributed by atoms with Gasteiger partial charge in [-0.1, -0.05) is 30.3 Å². The van der Waals surface area contributed by atoms with Crippen LogP contribution in [0.15, 0.2) is 53.8 Å². The third kappa shape index (κ3) is 5.59. The Morgan fingerprint density at radius 3 is 2.62 bits per heavy atom. The highest BCUT2D eigenvalue weighted by Gasteiger charge is 2.19. The molecule has 1 aromatic carbocycles. The van der Waals surface area contributed by atoms with Gasteiger partial charge in [0, 0.05) is 64.8 Å². The first-order valence-electron chi connectivity index (χ1n) is 9.62. The van der Waals surface area contributed by atoms with E-state index in [1.807, 2.05) is 23.1 Å². The Hall–Kier alpha value is -2.34. The maximum absolute atomic E-state index is 4.82. The molecular weight excluding hydrogens is 324 g/mol. The monoisotopic (exact) mass is 354 g/mol. The lowest BCUT2D eigenvalue weighted by atomic mass is 10.2. The van der Waals surface area contributed by atoms with Crippen molar-refractivity contribution < 1.29 is 0 Å². The maximum atomic E-state index is 4.82. The predicted molar refractivity (Wildman–Crippen MR) is 106 cm³/mol. The molecule has 1 aliphatic rings. The van der Waals surface area contributed by atoms with Gasteiger partial charge in [0.05, 0.1) is 0 Å². The Morgan fingerprint density at radius 1 is 1.12 bits per heavy atom. The van der Waals surface area contributed by atoms with Gasteiger partial charge < -0.3 is 10.2 Å². The van der Waals surface area contributed by atoms with Gasteiger partial charge in [-0.2, -0.15) is 5.10 Å². The van der Waals surface area contributed by atoms with E-state index in [-0.39, 0.29) is 0 Å². The number of aryl methyl sites for hydroxylation is 1. The highest BCUT2D eigenvalue weighted by Crippen LogP contribution is 2.08. The molecule has 1 N–H and O–H groups in total. The molecule has 1 saturated heterocycles. The lowest BCUT2D eigenvalue weighted by molar-refractivity contribution is 0.172. The lowest BCUT2D eigenvalue weighted by Crippen LogP contribution is -2.52. The number of piperazine rings is 1. The third-order valence-corrected chi connectivity index (χ3v) is 4.62. The smallest absolute Gasteiger partial charge is 0.194 e. The average molecular weight is 355 g/mol. The number of aliphatic imine (C=N–C) groups is 1. The molecule has 0 radical (unpaired) electrons. The summed E-state index contributed by atoms with van der Waals surface area (Å²) in [5.74, 6) is 1.05. The van der Waals surface area contributed by atoms with E-state index in [0.29, 0.717) is 0 Å². The van der Waals surface area contributed by atoms with Crippen LogP contribution in [0.2, 0.25) is 0 Å². The molecule has 26 heavy (non-hydrogen) atoms. The number of hydrogen-bond acceptors (Lipinski definition) is 3. The first kappa shape index (κ1) is 18.5. The summed E-state index contributed by atoms with van der Waals surface area (Å²) in [6.07, 6.45) is 4.83. The van der Waals surface area contributed by atoms with Crippen molar-refractivity contribution in [3.63, 3.8) is 0 Å². The second-order valence-electron chi connectivity index (χ2n) is 6.61.